The number of amidine groups is 1. The lowest BCUT2D eigenvalue weighted by atomic mass is 9.97. The zero-order valence-electron chi connectivity index (χ0n) is 9.46. The Labute approximate surface area is 99.3 Å². The third-order valence-electron chi connectivity index (χ3n) is 2.89. The lowest BCUT2D eigenvalue weighted by molar-refractivity contribution is -0.153. The lowest BCUT2D eigenvalue weighted by Crippen LogP contribution is -2.54. The number of hydrogen-bond acceptors (Lipinski definition) is 6. The molecule has 1 saturated heterocycles. The van der Waals surface area contributed by atoms with Gasteiger partial charge in [0.2, 0.25) is 0 Å². The van der Waals surface area contributed by atoms with Crippen molar-refractivity contribution in [3.05, 3.63) is 0 Å². The van der Waals surface area contributed by atoms with Gasteiger partial charge in [-0.05, 0) is 13.3 Å². The maximum absolute atomic E-state index is 9.96. The molecule has 92 valence electrons. The monoisotopic (exact) mass is 246 g/mol. The van der Waals surface area contributed by atoms with Crippen LogP contribution < -0.4 is 5.32 Å². The summed E-state index contributed by atoms with van der Waals surface area (Å²) < 4.78 is 5.72. The van der Waals surface area contributed by atoms with Gasteiger partial charge in [0, 0.05) is 6.54 Å². The first-order valence-electron chi connectivity index (χ1n) is 5.67. The number of rotatable bonds is 2. The number of aliphatic hydroxyl groups excluding tert-OH is 2. The molecular weight excluding hydrogens is 228 g/mol. The summed E-state index contributed by atoms with van der Waals surface area (Å²) in [6, 6.07) is -0.350. The van der Waals surface area contributed by atoms with Crippen LogP contribution in [-0.2, 0) is 4.74 Å². The number of thioether (sulfide) groups is 1. The third-order valence-corrected chi connectivity index (χ3v) is 3.99. The molecule has 0 spiro atoms. The summed E-state index contributed by atoms with van der Waals surface area (Å²) in [4.78, 5) is 4.33. The molecule has 0 aliphatic carbocycles. The highest BCUT2D eigenvalue weighted by Gasteiger charge is 2.47. The second kappa shape index (κ2) is 4.91. The van der Waals surface area contributed by atoms with E-state index in [1.807, 2.05) is 13.8 Å². The standard InChI is InChI=1S/C10H18N2O3S/c1-3-5-7(13)8(14)6-9(15-5)16-10(12-6)11-4-2/h5-9,13-14H,3-4H2,1-2H3,(H,11,12)/t5-,6-,7-,8-,9-/m1/s1. The maximum Gasteiger partial charge on any atom is 0.159 e. The summed E-state index contributed by atoms with van der Waals surface area (Å²) in [7, 11) is 0. The molecule has 0 aromatic rings. The Morgan fingerprint density at radius 1 is 1.38 bits per heavy atom. The van der Waals surface area contributed by atoms with E-state index in [0.29, 0.717) is 6.42 Å². The Morgan fingerprint density at radius 2 is 2.12 bits per heavy atom. The predicted molar refractivity (Wildman–Crippen MR) is 63.5 cm³/mol. The van der Waals surface area contributed by atoms with Gasteiger partial charge in [0.05, 0.1) is 6.10 Å². The Balaban J connectivity index is 2.08. The maximum atomic E-state index is 9.96. The number of aliphatic imine (C=N–C) groups is 1. The average Bonchev–Trinajstić information content (AvgIpc) is 2.67. The van der Waals surface area contributed by atoms with Gasteiger partial charge in [0.25, 0.3) is 0 Å². The largest absolute Gasteiger partial charge is 0.388 e. The molecule has 1 fully saturated rings. The molecule has 0 aromatic heterocycles. The van der Waals surface area contributed by atoms with Crippen molar-refractivity contribution in [2.24, 2.45) is 4.99 Å². The van der Waals surface area contributed by atoms with E-state index in [9.17, 15) is 10.2 Å². The average molecular weight is 246 g/mol. The molecule has 2 heterocycles. The summed E-state index contributed by atoms with van der Waals surface area (Å²) >= 11 is 1.49. The SMILES string of the molecule is CCNC1=N[C@@H]2[C@@H](O)[C@H](O)[C@@H](CC)O[C@@H]2S1. The summed E-state index contributed by atoms with van der Waals surface area (Å²) in [5.74, 6) is 0. The first-order valence-corrected chi connectivity index (χ1v) is 6.55. The molecule has 2 rings (SSSR count). The van der Waals surface area contributed by atoms with Gasteiger partial charge in [-0.2, -0.15) is 0 Å². The van der Waals surface area contributed by atoms with Gasteiger partial charge in [-0.25, -0.2) is 0 Å². The highest BCUT2D eigenvalue weighted by atomic mass is 32.2. The summed E-state index contributed by atoms with van der Waals surface area (Å²) in [5.41, 5.74) is -0.169. The van der Waals surface area contributed by atoms with E-state index in [0.717, 1.165) is 11.7 Å². The van der Waals surface area contributed by atoms with Crippen LogP contribution in [0.15, 0.2) is 4.99 Å². The smallest absolute Gasteiger partial charge is 0.159 e. The predicted octanol–water partition coefficient (Wildman–Crippen LogP) is -0.0760. The molecule has 2 aliphatic heterocycles. The van der Waals surface area contributed by atoms with Crippen LogP contribution in [0.3, 0.4) is 0 Å². The van der Waals surface area contributed by atoms with Crippen LogP contribution in [-0.4, -0.2) is 51.7 Å². The van der Waals surface area contributed by atoms with Crippen LogP contribution in [0.4, 0.5) is 0 Å². The fourth-order valence-corrected chi connectivity index (χ4v) is 3.19. The minimum Gasteiger partial charge on any atom is -0.388 e. The Hall–Kier alpha value is -0.300. The molecular formula is C10H18N2O3S. The minimum absolute atomic E-state index is 0.169. The molecule has 0 bridgehead atoms. The molecule has 0 amide bonds. The van der Waals surface area contributed by atoms with Crippen molar-refractivity contribution in [2.75, 3.05) is 6.54 Å². The number of nitrogens with one attached hydrogen (secondary N) is 1. The van der Waals surface area contributed by atoms with E-state index < -0.39 is 12.2 Å². The van der Waals surface area contributed by atoms with Crippen LogP contribution in [0.1, 0.15) is 20.3 Å². The quantitative estimate of drug-likeness (QED) is 0.636. The van der Waals surface area contributed by atoms with Gasteiger partial charge in [0.1, 0.15) is 23.7 Å². The molecule has 0 radical (unpaired) electrons. The van der Waals surface area contributed by atoms with Gasteiger partial charge in [-0.1, -0.05) is 18.7 Å². The van der Waals surface area contributed by atoms with Crippen LogP contribution >= 0.6 is 11.8 Å². The number of aliphatic hydroxyl groups is 2. The number of hydrogen-bond donors (Lipinski definition) is 3. The van der Waals surface area contributed by atoms with E-state index in [-0.39, 0.29) is 17.6 Å². The Kier molecular flexibility index (Phi) is 3.73. The zero-order chi connectivity index (χ0) is 11.7. The van der Waals surface area contributed by atoms with Crippen molar-refractivity contribution in [3.8, 4) is 0 Å². The molecule has 0 saturated carbocycles. The van der Waals surface area contributed by atoms with Crippen molar-refractivity contribution in [2.45, 2.75) is 50.1 Å². The van der Waals surface area contributed by atoms with Crippen molar-refractivity contribution in [1.29, 1.82) is 0 Å². The fourth-order valence-electron chi connectivity index (χ4n) is 2.00. The number of ether oxygens (including phenoxy) is 1. The summed E-state index contributed by atoms with van der Waals surface area (Å²) in [5, 5.41) is 23.7. The molecule has 5 atom stereocenters. The van der Waals surface area contributed by atoms with Crippen LogP contribution in [0.5, 0.6) is 0 Å². The topological polar surface area (TPSA) is 74.1 Å². The minimum atomic E-state index is -0.837. The van der Waals surface area contributed by atoms with Crippen molar-refractivity contribution >= 4 is 16.9 Å². The molecule has 5 nitrogen and oxygen atoms in total. The van der Waals surface area contributed by atoms with E-state index in [4.69, 9.17) is 4.74 Å². The molecule has 0 unspecified atom stereocenters. The van der Waals surface area contributed by atoms with Gasteiger partial charge in [0.15, 0.2) is 5.17 Å². The van der Waals surface area contributed by atoms with E-state index in [1.54, 1.807) is 0 Å². The van der Waals surface area contributed by atoms with Crippen molar-refractivity contribution in [1.82, 2.24) is 5.32 Å². The van der Waals surface area contributed by atoms with Gasteiger partial charge in [-0.3, -0.25) is 4.99 Å². The van der Waals surface area contributed by atoms with E-state index in [2.05, 4.69) is 10.3 Å². The Morgan fingerprint density at radius 3 is 2.75 bits per heavy atom. The molecule has 0 aromatic carbocycles. The highest BCUT2D eigenvalue weighted by molar-refractivity contribution is 8.14. The highest BCUT2D eigenvalue weighted by Crippen LogP contribution is 2.36. The van der Waals surface area contributed by atoms with Gasteiger partial charge < -0.3 is 20.3 Å². The van der Waals surface area contributed by atoms with E-state index >= 15 is 0 Å². The molecule has 6 heteroatoms. The van der Waals surface area contributed by atoms with Crippen LogP contribution in [0, 0.1) is 0 Å². The summed E-state index contributed by atoms with van der Waals surface area (Å²) in [6.45, 7) is 4.72. The second-order valence-corrected chi connectivity index (χ2v) is 5.09. The fraction of sp³-hybridized carbons (Fsp3) is 0.900. The molecule has 3 N–H and O–H groups in total. The summed E-state index contributed by atoms with van der Waals surface area (Å²) in [6.07, 6.45) is -1.26. The Bertz CT molecular complexity index is 287. The van der Waals surface area contributed by atoms with Gasteiger partial charge in [-0.15, -0.1) is 0 Å². The normalized spacial score (nSPS) is 42.8. The van der Waals surface area contributed by atoms with Crippen molar-refractivity contribution < 1.29 is 14.9 Å². The number of nitrogens with zero attached hydrogens (tertiary/aromatic N) is 1. The third kappa shape index (κ3) is 2.07. The van der Waals surface area contributed by atoms with Crippen molar-refractivity contribution in [3.63, 3.8) is 0 Å². The van der Waals surface area contributed by atoms with Crippen LogP contribution in [0.25, 0.3) is 0 Å². The van der Waals surface area contributed by atoms with E-state index in [1.165, 1.54) is 11.8 Å². The van der Waals surface area contributed by atoms with Crippen LogP contribution in [0.2, 0.25) is 0 Å². The second-order valence-electron chi connectivity index (χ2n) is 4.01. The molecule has 16 heavy (non-hydrogen) atoms. The molecule has 2 aliphatic rings. The first-order chi connectivity index (χ1) is 7.67. The van der Waals surface area contributed by atoms with Gasteiger partial charge >= 0.3 is 0 Å². The number of fused-ring (bicyclic) bond motifs is 1. The lowest BCUT2D eigenvalue weighted by Gasteiger charge is -2.37. The first kappa shape index (κ1) is 12.2. The zero-order valence-corrected chi connectivity index (χ0v) is 10.3.